The monoisotopic (exact) mass is 313 g/mol. The van der Waals surface area contributed by atoms with Crippen molar-refractivity contribution in [1.82, 2.24) is 5.32 Å². The topological polar surface area (TPSA) is 94.1 Å². The fourth-order valence-electron chi connectivity index (χ4n) is 1.85. The summed E-state index contributed by atoms with van der Waals surface area (Å²) >= 11 is 0. The zero-order valence-corrected chi connectivity index (χ0v) is 13.2. The molecular weight excluding hydrogens is 294 g/mol. The Labute approximate surface area is 124 Å². The highest BCUT2D eigenvalue weighted by atomic mass is 28.4. The number of carbonyl (C=O) groups is 2. The number of carboxylic acid groups (broad SMARTS) is 1. The zero-order chi connectivity index (χ0) is 15.9. The molecule has 0 bridgehead atoms. The molecule has 0 fully saturated rings. The molecule has 0 saturated carbocycles. The predicted octanol–water partition coefficient (Wildman–Crippen LogP) is 0.993. The van der Waals surface area contributed by atoms with Gasteiger partial charge in [-0.15, -0.1) is 0 Å². The highest BCUT2D eigenvalue weighted by molar-refractivity contribution is 6.60. The second-order valence-electron chi connectivity index (χ2n) is 4.15. The predicted molar refractivity (Wildman–Crippen MR) is 77.3 cm³/mol. The molecule has 0 aliphatic rings. The third-order valence-electron chi connectivity index (χ3n) is 3.05. The van der Waals surface area contributed by atoms with Crippen molar-refractivity contribution in [3.63, 3.8) is 0 Å². The van der Waals surface area contributed by atoms with Crippen molar-refractivity contribution in [2.24, 2.45) is 0 Å². The molecule has 1 aromatic rings. The summed E-state index contributed by atoms with van der Waals surface area (Å²) in [6, 6.07) is 6.42. The Balaban J connectivity index is 2.69. The molecule has 1 rings (SSSR count). The first-order valence-electron chi connectivity index (χ1n) is 6.25. The molecule has 1 aromatic carbocycles. The molecule has 0 unspecified atom stereocenters. The van der Waals surface area contributed by atoms with Crippen molar-refractivity contribution in [3.05, 3.63) is 35.4 Å². The fraction of sp³-hybridized carbons (Fsp3) is 0.385. The number of nitrogens with one attached hydrogen (secondary N) is 1. The van der Waals surface area contributed by atoms with E-state index < -0.39 is 20.7 Å². The molecule has 2 N–H and O–H groups in total. The minimum atomic E-state index is -2.75. The molecule has 0 saturated heterocycles. The number of aromatic carboxylic acids is 1. The Morgan fingerprint density at radius 2 is 1.62 bits per heavy atom. The normalized spacial score (nSPS) is 11.2. The summed E-state index contributed by atoms with van der Waals surface area (Å²) in [7, 11) is 1.71. The van der Waals surface area contributed by atoms with Gasteiger partial charge >= 0.3 is 14.8 Å². The molecule has 0 radical (unpaired) electrons. The smallest absolute Gasteiger partial charge is 0.478 e. The molecule has 7 nitrogen and oxygen atoms in total. The van der Waals surface area contributed by atoms with E-state index in [9.17, 15) is 9.59 Å². The van der Waals surface area contributed by atoms with Crippen LogP contribution in [0.1, 0.15) is 20.7 Å². The van der Waals surface area contributed by atoms with Crippen molar-refractivity contribution in [2.75, 3.05) is 27.9 Å². The van der Waals surface area contributed by atoms with E-state index >= 15 is 0 Å². The van der Waals surface area contributed by atoms with Gasteiger partial charge in [-0.25, -0.2) is 4.79 Å². The van der Waals surface area contributed by atoms with Crippen molar-refractivity contribution in [3.8, 4) is 0 Å². The Morgan fingerprint density at radius 3 is 2.10 bits per heavy atom. The van der Waals surface area contributed by atoms with E-state index in [1.165, 1.54) is 33.5 Å². The van der Waals surface area contributed by atoms with Gasteiger partial charge in [-0.3, -0.25) is 4.79 Å². The first-order valence-corrected chi connectivity index (χ1v) is 8.19. The number of amides is 1. The van der Waals surface area contributed by atoms with Crippen LogP contribution >= 0.6 is 0 Å². The van der Waals surface area contributed by atoms with Gasteiger partial charge in [-0.1, -0.05) is 12.1 Å². The first kappa shape index (κ1) is 17.3. The van der Waals surface area contributed by atoms with E-state index in [-0.39, 0.29) is 17.7 Å². The van der Waals surface area contributed by atoms with Gasteiger partial charge < -0.3 is 23.7 Å². The summed E-state index contributed by atoms with van der Waals surface area (Å²) in [5, 5.41) is 11.7. The number of carboxylic acids is 1. The summed E-state index contributed by atoms with van der Waals surface area (Å²) in [5.74, 6) is -1.60. The van der Waals surface area contributed by atoms with Crippen molar-refractivity contribution in [2.45, 2.75) is 6.04 Å². The molecule has 0 aliphatic heterocycles. The molecule has 0 atom stereocenters. The highest BCUT2D eigenvalue weighted by Crippen LogP contribution is 2.12. The average Bonchev–Trinajstić information content (AvgIpc) is 2.52. The lowest BCUT2D eigenvalue weighted by Gasteiger charge is -2.24. The van der Waals surface area contributed by atoms with Gasteiger partial charge in [0.2, 0.25) is 0 Å². The maximum Gasteiger partial charge on any atom is 0.501 e. The minimum absolute atomic E-state index is 0.0382. The summed E-state index contributed by atoms with van der Waals surface area (Å²) < 4.78 is 15.7. The van der Waals surface area contributed by atoms with Crippen LogP contribution in [0, 0.1) is 0 Å². The summed E-state index contributed by atoms with van der Waals surface area (Å²) in [5.41, 5.74) is 0.0771. The van der Waals surface area contributed by atoms with Crippen LogP contribution in [0.3, 0.4) is 0 Å². The molecule has 1 amide bonds. The summed E-state index contributed by atoms with van der Waals surface area (Å²) in [6.07, 6.45) is 0. The number of rotatable bonds is 8. The molecular formula is C13H19NO6Si. The first-order chi connectivity index (χ1) is 9.99. The molecule has 116 valence electrons. The Kier molecular flexibility index (Phi) is 6.50. The van der Waals surface area contributed by atoms with Crippen molar-refractivity contribution < 1.29 is 28.0 Å². The van der Waals surface area contributed by atoms with E-state index in [1.807, 2.05) is 0 Å². The second kappa shape index (κ2) is 7.89. The minimum Gasteiger partial charge on any atom is -0.478 e. The second-order valence-corrected chi connectivity index (χ2v) is 7.24. The lowest BCUT2D eigenvalue weighted by atomic mass is 10.1. The number of benzene rings is 1. The lowest BCUT2D eigenvalue weighted by Crippen LogP contribution is -2.45. The third kappa shape index (κ3) is 4.36. The standard InChI is InChI=1S/C13H19NO6Si/c1-18-21(19-2,20-3)9-8-14-12(15)10-6-4-5-7-11(10)13(16)17/h4-7H,8-9H2,1-3H3,(H,14,15)(H,16,17). The molecule has 0 heterocycles. The van der Waals surface area contributed by atoms with Gasteiger partial charge in [-0.2, -0.15) is 0 Å². The highest BCUT2D eigenvalue weighted by Gasteiger charge is 2.37. The average molecular weight is 313 g/mol. The molecule has 8 heteroatoms. The number of hydrogen-bond acceptors (Lipinski definition) is 5. The summed E-state index contributed by atoms with van der Waals surface area (Å²) in [6.45, 7) is 0.258. The van der Waals surface area contributed by atoms with Crippen LogP contribution in [0.2, 0.25) is 6.04 Å². The van der Waals surface area contributed by atoms with Crippen LogP contribution in [0.25, 0.3) is 0 Å². The molecule has 0 spiro atoms. The van der Waals surface area contributed by atoms with Crippen LogP contribution in [0.5, 0.6) is 0 Å². The van der Waals surface area contributed by atoms with Gasteiger partial charge in [0.05, 0.1) is 11.1 Å². The zero-order valence-electron chi connectivity index (χ0n) is 12.2. The van der Waals surface area contributed by atoms with Gasteiger partial charge in [0.25, 0.3) is 5.91 Å². The van der Waals surface area contributed by atoms with Gasteiger partial charge in [0, 0.05) is 33.9 Å². The van der Waals surface area contributed by atoms with E-state index in [1.54, 1.807) is 12.1 Å². The molecule has 0 aliphatic carbocycles. The Morgan fingerprint density at radius 1 is 1.10 bits per heavy atom. The van der Waals surface area contributed by atoms with Crippen LogP contribution in [0.4, 0.5) is 0 Å². The van der Waals surface area contributed by atoms with Gasteiger partial charge in [0.15, 0.2) is 0 Å². The fourth-order valence-corrected chi connectivity index (χ4v) is 3.39. The lowest BCUT2D eigenvalue weighted by molar-refractivity contribution is 0.0690. The Bertz CT molecular complexity index is 495. The SMILES string of the molecule is CO[Si](CCNC(=O)c1ccccc1C(=O)O)(OC)OC. The van der Waals surface area contributed by atoms with E-state index in [0.29, 0.717) is 6.04 Å². The van der Waals surface area contributed by atoms with Gasteiger partial charge in [-0.05, 0) is 12.1 Å². The van der Waals surface area contributed by atoms with Crippen molar-refractivity contribution in [1.29, 1.82) is 0 Å². The van der Waals surface area contributed by atoms with Crippen LogP contribution < -0.4 is 5.32 Å². The van der Waals surface area contributed by atoms with E-state index in [4.69, 9.17) is 18.4 Å². The number of carbonyl (C=O) groups excluding carboxylic acids is 1. The maximum atomic E-state index is 12.0. The van der Waals surface area contributed by atoms with E-state index in [0.717, 1.165) is 0 Å². The quantitative estimate of drug-likeness (QED) is 0.695. The van der Waals surface area contributed by atoms with Crippen molar-refractivity contribution >= 4 is 20.7 Å². The van der Waals surface area contributed by atoms with Crippen LogP contribution in [0.15, 0.2) is 24.3 Å². The van der Waals surface area contributed by atoms with Gasteiger partial charge in [0.1, 0.15) is 0 Å². The molecule has 21 heavy (non-hydrogen) atoms. The van der Waals surface area contributed by atoms with Crippen LogP contribution in [-0.4, -0.2) is 53.7 Å². The van der Waals surface area contributed by atoms with Crippen LogP contribution in [-0.2, 0) is 13.3 Å². The molecule has 0 aromatic heterocycles. The number of hydrogen-bond donors (Lipinski definition) is 2. The largest absolute Gasteiger partial charge is 0.501 e. The maximum absolute atomic E-state index is 12.0. The summed E-state index contributed by atoms with van der Waals surface area (Å²) in [4.78, 5) is 23.1. The Hall–Kier alpha value is -1.74. The van der Waals surface area contributed by atoms with E-state index in [2.05, 4.69) is 5.32 Å². The third-order valence-corrected chi connectivity index (χ3v) is 5.78.